The van der Waals surface area contributed by atoms with Crippen LogP contribution < -0.4 is 0 Å². The second kappa shape index (κ2) is 3.72. The highest BCUT2D eigenvalue weighted by molar-refractivity contribution is 5.55. The molecule has 0 radical (unpaired) electrons. The molecule has 15 heavy (non-hydrogen) atoms. The number of nitrogens with zero attached hydrogens (tertiary/aromatic N) is 2. The van der Waals surface area contributed by atoms with Crippen LogP contribution in [-0.2, 0) is 6.18 Å². The van der Waals surface area contributed by atoms with Crippen molar-refractivity contribution in [3.8, 4) is 0 Å². The maximum absolute atomic E-state index is 12.4. The molecule has 0 atom stereocenters. The highest BCUT2D eigenvalue weighted by Crippen LogP contribution is 2.30. The first-order valence-electron chi connectivity index (χ1n) is 4.55. The lowest BCUT2D eigenvalue weighted by molar-refractivity contribution is -0.141. The Morgan fingerprint density at radius 2 is 2.00 bits per heavy atom. The van der Waals surface area contributed by atoms with Gasteiger partial charge in [-0.1, -0.05) is 6.58 Å². The largest absolute Gasteiger partial charge is 0.434 e. The third-order valence-corrected chi connectivity index (χ3v) is 1.96. The summed E-state index contributed by atoms with van der Waals surface area (Å²) in [4.78, 5) is 3.54. The Hall–Kier alpha value is -1.26. The molecule has 0 amide bonds. The molecule has 0 saturated heterocycles. The Morgan fingerprint density at radius 3 is 2.27 bits per heavy atom. The van der Waals surface area contributed by atoms with E-state index in [0.717, 1.165) is 6.20 Å². The summed E-state index contributed by atoms with van der Waals surface area (Å²) in [5.41, 5.74) is -0.339. The molecular formula is C10H13F3N2. The Morgan fingerprint density at radius 1 is 1.47 bits per heavy atom. The van der Waals surface area contributed by atoms with E-state index in [2.05, 4.69) is 11.6 Å². The molecule has 0 unspecified atom stereocenters. The van der Waals surface area contributed by atoms with Gasteiger partial charge in [0.1, 0.15) is 5.82 Å². The molecule has 5 heteroatoms. The minimum atomic E-state index is -4.40. The van der Waals surface area contributed by atoms with Gasteiger partial charge in [0.15, 0.2) is 5.69 Å². The van der Waals surface area contributed by atoms with Crippen molar-refractivity contribution in [2.75, 3.05) is 0 Å². The van der Waals surface area contributed by atoms with Crippen LogP contribution in [0, 0.1) is 0 Å². The van der Waals surface area contributed by atoms with Gasteiger partial charge in [-0.15, -0.1) is 0 Å². The molecule has 84 valence electrons. The van der Waals surface area contributed by atoms with Crippen molar-refractivity contribution < 1.29 is 13.2 Å². The Labute approximate surface area is 86.4 Å². The molecule has 0 aromatic carbocycles. The van der Waals surface area contributed by atoms with E-state index >= 15 is 0 Å². The fourth-order valence-electron chi connectivity index (χ4n) is 1.24. The Kier molecular flexibility index (Phi) is 2.93. The molecule has 0 aliphatic rings. The Bertz CT molecular complexity index is 375. The number of hydrogen-bond acceptors (Lipinski definition) is 1. The SMILES string of the molecule is C=C(C)c1nc(C(F)(F)F)cn1C(C)C. The van der Waals surface area contributed by atoms with E-state index in [4.69, 9.17) is 0 Å². The first kappa shape index (κ1) is 11.8. The van der Waals surface area contributed by atoms with Gasteiger partial charge in [0.25, 0.3) is 0 Å². The summed E-state index contributed by atoms with van der Waals surface area (Å²) in [7, 11) is 0. The van der Waals surface area contributed by atoms with Crippen molar-refractivity contribution in [2.24, 2.45) is 0 Å². The van der Waals surface area contributed by atoms with E-state index in [-0.39, 0.29) is 11.9 Å². The lowest BCUT2D eigenvalue weighted by atomic mass is 10.3. The summed E-state index contributed by atoms with van der Waals surface area (Å²) in [5, 5.41) is 0. The van der Waals surface area contributed by atoms with Gasteiger partial charge in [-0.25, -0.2) is 4.98 Å². The predicted molar refractivity (Wildman–Crippen MR) is 52.3 cm³/mol. The van der Waals surface area contributed by atoms with Crippen LogP contribution in [0.3, 0.4) is 0 Å². The fourth-order valence-corrected chi connectivity index (χ4v) is 1.24. The molecule has 0 N–H and O–H groups in total. The van der Waals surface area contributed by atoms with Crippen LogP contribution in [0.1, 0.15) is 38.3 Å². The minimum Gasteiger partial charge on any atom is -0.328 e. The van der Waals surface area contributed by atoms with Crippen LogP contribution in [-0.4, -0.2) is 9.55 Å². The van der Waals surface area contributed by atoms with Crippen LogP contribution in [0.15, 0.2) is 12.8 Å². The van der Waals surface area contributed by atoms with Crippen molar-refractivity contribution in [1.29, 1.82) is 0 Å². The molecule has 0 saturated carbocycles. The molecule has 1 rings (SSSR count). The molecule has 1 aromatic heterocycles. The van der Waals surface area contributed by atoms with Crippen LogP contribution in [0.2, 0.25) is 0 Å². The van der Waals surface area contributed by atoms with Crippen LogP contribution >= 0.6 is 0 Å². The van der Waals surface area contributed by atoms with Crippen molar-refractivity contribution >= 4 is 5.57 Å². The van der Waals surface area contributed by atoms with Crippen LogP contribution in [0.4, 0.5) is 13.2 Å². The number of rotatable bonds is 2. The predicted octanol–water partition coefficient (Wildman–Crippen LogP) is 3.52. The maximum atomic E-state index is 12.4. The number of alkyl halides is 3. The van der Waals surface area contributed by atoms with Gasteiger partial charge in [-0.2, -0.15) is 13.2 Å². The molecule has 0 aliphatic heterocycles. The zero-order valence-corrected chi connectivity index (χ0v) is 8.89. The van der Waals surface area contributed by atoms with Crippen LogP contribution in [0.25, 0.3) is 5.57 Å². The summed E-state index contributed by atoms with van der Waals surface area (Å²) >= 11 is 0. The Balaban J connectivity index is 3.28. The van der Waals surface area contributed by atoms with Gasteiger partial charge in [-0.3, -0.25) is 0 Å². The normalized spacial score (nSPS) is 12.2. The lowest BCUT2D eigenvalue weighted by Gasteiger charge is -2.10. The van der Waals surface area contributed by atoms with E-state index in [9.17, 15) is 13.2 Å². The molecule has 1 aromatic rings. The zero-order valence-electron chi connectivity index (χ0n) is 8.89. The fraction of sp³-hybridized carbons (Fsp3) is 0.500. The summed E-state index contributed by atoms with van der Waals surface area (Å²) in [6, 6.07) is -0.0692. The van der Waals surface area contributed by atoms with Crippen molar-refractivity contribution in [1.82, 2.24) is 9.55 Å². The molecule has 1 heterocycles. The number of hydrogen-bond donors (Lipinski definition) is 0. The summed E-state index contributed by atoms with van der Waals surface area (Å²) in [6.45, 7) is 8.85. The molecular weight excluding hydrogens is 205 g/mol. The second-order valence-electron chi connectivity index (χ2n) is 3.73. The van der Waals surface area contributed by atoms with Gasteiger partial charge < -0.3 is 4.57 Å². The number of imidazole rings is 1. The summed E-state index contributed by atoms with van der Waals surface area (Å²) in [5.74, 6) is 0.289. The molecule has 0 spiro atoms. The quantitative estimate of drug-likeness (QED) is 0.742. The average molecular weight is 218 g/mol. The van der Waals surface area contributed by atoms with E-state index in [1.165, 1.54) is 4.57 Å². The second-order valence-corrected chi connectivity index (χ2v) is 3.73. The topological polar surface area (TPSA) is 17.8 Å². The van der Waals surface area contributed by atoms with E-state index < -0.39 is 11.9 Å². The van der Waals surface area contributed by atoms with Crippen LogP contribution in [0.5, 0.6) is 0 Å². The van der Waals surface area contributed by atoms with Gasteiger partial charge in [0.2, 0.25) is 0 Å². The first-order valence-corrected chi connectivity index (χ1v) is 4.55. The van der Waals surface area contributed by atoms with Gasteiger partial charge >= 0.3 is 6.18 Å². The standard InChI is InChI=1S/C10H13F3N2/c1-6(2)9-14-8(10(11,12)13)5-15(9)7(3)4/h5,7H,1H2,2-4H3. The monoisotopic (exact) mass is 218 g/mol. The number of allylic oxidation sites excluding steroid dienone is 1. The zero-order chi connectivity index (χ0) is 11.8. The van der Waals surface area contributed by atoms with Crippen molar-refractivity contribution in [3.05, 3.63) is 24.3 Å². The molecule has 0 fully saturated rings. The lowest BCUT2D eigenvalue weighted by Crippen LogP contribution is -2.05. The smallest absolute Gasteiger partial charge is 0.328 e. The highest BCUT2D eigenvalue weighted by atomic mass is 19.4. The summed E-state index contributed by atoms with van der Waals surface area (Å²) < 4.78 is 38.7. The third kappa shape index (κ3) is 2.40. The van der Waals surface area contributed by atoms with Gasteiger partial charge in [0.05, 0.1) is 0 Å². The van der Waals surface area contributed by atoms with Gasteiger partial charge in [0, 0.05) is 12.2 Å². The maximum Gasteiger partial charge on any atom is 0.434 e. The summed E-state index contributed by atoms with van der Waals surface area (Å²) in [6.07, 6.45) is -3.38. The molecule has 0 bridgehead atoms. The van der Waals surface area contributed by atoms with E-state index in [1.54, 1.807) is 20.8 Å². The van der Waals surface area contributed by atoms with E-state index in [1.807, 2.05) is 0 Å². The number of aromatic nitrogens is 2. The van der Waals surface area contributed by atoms with Crippen molar-refractivity contribution in [3.63, 3.8) is 0 Å². The van der Waals surface area contributed by atoms with Crippen molar-refractivity contribution in [2.45, 2.75) is 33.0 Å². The van der Waals surface area contributed by atoms with E-state index in [0.29, 0.717) is 5.57 Å². The minimum absolute atomic E-state index is 0.0692. The van der Waals surface area contributed by atoms with Gasteiger partial charge in [-0.05, 0) is 26.3 Å². The molecule has 2 nitrogen and oxygen atoms in total. The first-order chi connectivity index (χ1) is 6.73. The number of halogens is 3. The third-order valence-electron chi connectivity index (χ3n) is 1.96. The average Bonchev–Trinajstić information content (AvgIpc) is 2.45. The highest BCUT2D eigenvalue weighted by Gasteiger charge is 2.35. The molecule has 0 aliphatic carbocycles.